The summed E-state index contributed by atoms with van der Waals surface area (Å²) in [7, 11) is 0.0412. The van der Waals surface area contributed by atoms with Gasteiger partial charge in [0.15, 0.2) is 0 Å². The minimum absolute atomic E-state index is 1.13. The van der Waals surface area contributed by atoms with E-state index in [1.165, 1.54) is 26.6 Å². The first kappa shape index (κ1) is 10.7. The van der Waals surface area contributed by atoms with Gasteiger partial charge in [0.05, 0.1) is 8.07 Å². The van der Waals surface area contributed by atoms with Crippen molar-refractivity contribution in [3.05, 3.63) is 23.3 Å². The molecule has 0 saturated heterocycles. The van der Waals surface area contributed by atoms with Crippen molar-refractivity contribution >= 4 is 28.7 Å². The molecule has 0 atom stereocenters. The minimum atomic E-state index is -1.13. The average Bonchev–Trinajstić information content (AvgIpc) is 1.78. The van der Waals surface area contributed by atoms with Crippen molar-refractivity contribution in [1.82, 2.24) is 0 Å². The van der Waals surface area contributed by atoms with Crippen molar-refractivity contribution in [2.75, 3.05) is 0 Å². The molecule has 0 heterocycles. The van der Waals surface area contributed by atoms with Crippen LogP contribution in [0.1, 0.15) is 11.1 Å². The lowest BCUT2D eigenvalue weighted by atomic mass is 10.1. The van der Waals surface area contributed by atoms with E-state index in [9.17, 15) is 0 Å². The summed E-state index contributed by atoms with van der Waals surface area (Å²) in [5.74, 6) is 0. The van der Waals surface area contributed by atoms with Gasteiger partial charge < -0.3 is 0 Å². The third-order valence-corrected chi connectivity index (χ3v) is 5.29. The molecule has 0 N–H and O–H groups in total. The minimum Gasteiger partial charge on any atom is -0.0703 e. The van der Waals surface area contributed by atoms with Crippen LogP contribution in [0.2, 0.25) is 19.6 Å². The van der Waals surface area contributed by atoms with Crippen LogP contribution in [0.3, 0.4) is 0 Å². The van der Waals surface area contributed by atoms with Crippen LogP contribution in [-0.2, 0) is 0 Å². The molecule has 0 unspecified atom stereocenters. The summed E-state index contributed by atoms with van der Waals surface area (Å²) >= 11 is 0. The van der Waals surface area contributed by atoms with Crippen molar-refractivity contribution in [2.24, 2.45) is 0 Å². The summed E-state index contributed by atoms with van der Waals surface area (Å²) in [5.41, 5.74) is 3.04. The van der Waals surface area contributed by atoms with Gasteiger partial charge in [-0.2, -0.15) is 0 Å². The highest BCUT2D eigenvalue weighted by molar-refractivity contribution is 6.89. The summed E-state index contributed by atoms with van der Waals surface area (Å²) < 4.78 is 0. The van der Waals surface area contributed by atoms with Gasteiger partial charge in [0.1, 0.15) is 0 Å². The van der Waals surface area contributed by atoms with Gasteiger partial charge in [0, 0.05) is 10.2 Å². The first-order valence-electron chi connectivity index (χ1n) is 4.90. The van der Waals surface area contributed by atoms with Crippen LogP contribution in [0.5, 0.6) is 0 Å². The van der Waals surface area contributed by atoms with Crippen molar-refractivity contribution in [1.29, 1.82) is 0 Å². The van der Waals surface area contributed by atoms with Crippen molar-refractivity contribution < 1.29 is 0 Å². The van der Waals surface area contributed by atoms with E-state index >= 15 is 0 Å². The lowest BCUT2D eigenvalue weighted by Gasteiger charge is -2.22. The molecule has 0 fully saturated rings. The Balaban J connectivity index is 3.38. The molecule has 2 heteroatoms. The normalized spacial score (nSPS) is 12.1. The molecule has 1 aromatic carbocycles. The van der Waals surface area contributed by atoms with Crippen LogP contribution in [0.4, 0.5) is 0 Å². The molecule has 13 heavy (non-hydrogen) atoms. The first-order valence-corrected chi connectivity index (χ1v) is 9.40. The molecule has 1 rings (SSSR count). The van der Waals surface area contributed by atoms with Crippen LogP contribution >= 0.6 is 0 Å². The van der Waals surface area contributed by atoms with E-state index in [4.69, 9.17) is 0 Å². The predicted octanol–water partition coefficient (Wildman–Crippen LogP) is 0.839. The highest BCUT2D eigenvalue weighted by Gasteiger charge is 2.20. The van der Waals surface area contributed by atoms with Crippen molar-refractivity contribution in [2.45, 2.75) is 33.5 Å². The Kier molecular flexibility index (Phi) is 2.83. The van der Waals surface area contributed by atoms with Gasteiger partial charge in [0.25, 0.3) is 0 Å². The summed E-state index contributed by atoms with van der Waals surface area (Å²) in [6, 6.07) is 4.74. The zero-order valence-electron chi connectivity index (χ0n) is 9.65. The number of aryl methyl sites for hydroxylation is 2. The average molecular weight is 208 g/mol. The molecular weight excluding hydrogens is 188 g/mol. The lowest BCUT2D eigenvalue weighted by Crippen LogP contribution is -2.42. The van der Waals surface area contributed by atoms with E-state index in [1.807, 2.05) is 0 Å². The SMILES string of the molecule is Cc1cc([SiH3])cc(C)c1[Si](C)(C)C. The topological polar surface area (TPSA) is 0 Å². The fourth-order valence-electron chi connectivity index (χ4n) is 2.36. The Morgan fingerprint density at radius 3 is 1.69 bits per heavy atom. The number of hydrogen-bond donors (Lipinski definition) is 0. The fourth-order valence-corrected chi connectivity index (χ4v) is 5.74. The third kappa shape index (κ3) is 2.32. The molecule has 0 bridgehead atoms. The zero-order chi connectivity index (χ0) is 10.2. The Morgan fingerprint density at radius 2 is 1.38 bits per heavy atom. The van der Waals surface area contributed by atoms with Crippen LogP contribution in [0.15, 0.2) is 12.1 Å². The number of benzene rings is 1. The zero-order valence-corrected chi connectivity index (χ0v) is 12.7. The van der Waals surface area contributed by atoms with Gasteiger partial charge in [-0.25, -0.2) is 0 Å². The molecule has 0 radical (unpaired) electrons. The molecule has 0 aliphatic rings. The highest BCUT2D eigenvalue weighted by Crippen LogP contribution is 2.08. The molecule has 0 spiro atoms. The van der Waals surface area contributed by atoms with Gasteiger partial charge in [-0.15, -0.1) is 0 Å². The summed E-state index contributed by atoms with van der Waals surface area (Å²) in [4.78, 5) is 0. The molecule has 72 valence electrons. The summed E-state index contributed by atoms with van der Waals surface area (Å²) in [5, 5.41) is 3.18. The molecule has 0 aliphatic heterocycles. The van der Waals surface area contributed by atoms with Gasteiger partial charge in [-0.3, -0.25) is 0 Å². The van der Waals surface area contributed by atoms with Crippen molar-refractivity contribution in [3.63, 3.8) is 0 Å². The van der Waals surface area contributed by atoms with E-state index in [-0.39, 0.29) is 0 Å². The maximum absolute atomic E-state index is 2.43. The Bertz CT molecular complexity index is 298. The van der Waals surface area contributed by atoms with Crippen LogP contribution in [0, 0.1) is 13.8 Å². The number of rotatable bonds is 1. The van der Waals surface area contributed by atoms with Crippen LogP contribution in [0.25, 0.3) is 0 Å². The quantitative estimate of drug-likeness (QED) is 0.600. The molecule has 0 aromatic heterocycles. The first-order chi connectivity index (χ1) is 5.82. The van der Waals surface area contributed by atoms with Gasteiger partial charge in [0.2, 0.25) is 0 Å². The van der Waals surface area contributed by atoms with Crippen LogP contribution < -0.4 is 10.4 Å². The molecule has 0 saturated carbocycles. The van der Waals surface area contributed by atoms with Gasteiger partial charge >= 0.3 is 0 Å². The molecule has 1 aromatic rings. The maximum Gasteiger partial charge on any atom is 0.0782 e. The highest BCUT2D eigenvalue weighted by atomic mass is 28.3. The number of hydrogen-bond acceptors (Lipinski definition) is 0. The third-order valence-electron chi connectivity index (χ3n) is 2.43. The predicted molar refractivity (Wildman–Crippen MR) is 68.5 cm³/mol. The smallest absolute Gasteiger partial charge is 0.0703 e. The van der Waals surface area contributed by atoms with E-state index in [0.29, 0.717) is 0 Å². The fraction of sp³-hybridized carbons (Fsp3) is 0.455. The molecule has 0 amide bonds. The standard InChI is InChI=1S/C11H20Si2/c1-8-6-10(12)7-9(2)11(8)13(3,4)5/h6-7H,1-5,12H3. The summed E-state index contributed by atoms with van der Waals surface area (Å²) in [6.45, 7) is 11.8. The maximum atomic E-state index is 2.43. The second-order valence-electron chi connectivity index (χ2n) is 5.02. The second-order valence-corrected chi connectivity index (χ2v) is 11.2. The Labute approximate surface area is 85.8 Å². The van der Waals surface area contributed by atoms with Crippen molar-refractivity contribution in [3.8, 4) is 0 Å². The van der Waals surface area contributed by atoms with Gasteiger partial charge in [-0.05, 0) is 13.8 Å². The monoisotopic (exact) mass is 208 g/mol. The van der Waals surface area contributed by atoms with E-state index in [0.717, 1.165) is 0 Å². The lowest BCUT2D eigenvalue weighted by molar-refractivity contribution is 1.43. The second kappa shape index (κ2) is 3.42. The molecule has 0 nitrogen and oxygen atoms in total. The Morgan fingerprint density at radius 1 is 1.00 bits per heavy atom. The molecule has 0 aliphatic carbocycles. The van der Waals surface area contributed by atoms with E-state index < -0.39 is 8.07 Å². The van der Waals surface area contributed by atoms with Gasteiger partial charge in [-0.1, -0.05) is 53.3 Å². The largest absolute Gasteiger partial charge is 0.0782 e. The van der Waals surface area contributed by atoms with Crippen LogP contribution in [-0.4, -0.2) is 18.3 Å². The van der Waals surface area contributed by atoms with E-state index in [2.05, 4.69) is 45.6 Å². The Hall–Kier alpha value is -0.346. The summed E-state index contributed by atoms with van der Waals surface area (Å²) in [6.07, 6.45) is 0. The molecular formula is C11H20Si2. The van der Waals surface area contributed by atoms with E-state index in [1.54, 1.807) is 5.19 Å².